The third kappa shape index (κ3) is 4.28. The van der Waals surface area contributed by atoms with Crippen LogP contribution in [0, 0.1) is 12.7 Å². The van der Waals surface area contributed by atoms with Crippen LogP contribution in [0.4, 0.5) is 4.39 Å². The fourth-order valence-corrected chi connectivity index (χ4v) is 3.49. The van der Waals surface area contributed by atoms with Gasteiger partial charge in [0.25, 0.3) is 0 Å². The van der Waals surface area contributed by atoms with Gasteiger partial charge in [-0.3, -0.25) is 4.90 Å². The maximum atomic E-state index is 13.9. The van der Waals surface area contributed by atoms with Crippen molar-refractivity contribution >= 4 is 0 Å². The van der Waals surface area contributed by atoms with E-state index in [1.54, 1.807) is 18.6 Å². The lowest BCUT2D eigenvalue weighted by atomic mass is 10.1. The average molecular weight is 401 g/mol. The molecule has 0 amide bonds. The van der Waals surface area contributed by atoms with Crippen LogP contribution in [0.5, 0.6) is 0 Å². The lowest BCUT2D eigenvalue weighted by Crippen LogP contribution is -2.22. The molecule has 1 atom stereocenters. The smallest absolute Gasteiger partial charge is 0.123 e. The molecule has 30 heavy (non-hydrogen) atoms. The molecule has 0 fully saturated rings. The molecule has 0 N–H and O–H groups in total. The third-order valence-corrected chi connectivity index (χ3v) is 5.27. The van der Waals surface area contributed by atoms with E-state index in [4.69, 9.17) is 5.10 Å². The molecule has 4 rings (SSSR count). The highest BCUT2D eigenvalue weighted by Crippen LogP contribution is 2.27. The molecule has 2 aromatic heterocycles. The van der Waals surface area contributed by atoms with Crippen LogP contribution in [0.1, 0.15) is 29.8 Å². The first-order chi connectivity index (χ1) is 14.5. The standard InChI is InChI=1S/C24H24FN5/c1-17-6-4-9-22(12-17)30-15-20(24(28-30)19-7-5-8-21(25)13-19)14-29(3)18(2)23-10-11-26-16-27-23/h4-13,15-16,18H,14H2,1-3H3. The van der Waals surface area contributed by atoms with Crippen molar-refractivity contribution in [2.24, 2.45) is 0 Å². The quantitative estimate of drug-likeness (QED) is 0.458. The Labute approximate surface area is 175 Å². The monoisotopic (exact) mass is 401 g/mol. The molecule has 2 aromatic carbocycles. The summed E-state index contributed by atoms with van der Waals surface area (Å²) in [6.07, 6.45) is 5.34. The van der Waals surface area contributed by atoms with E-state index in [0.717, 1.165) is 33.8 Å². The van der Waals surface area contributed by atoms with Crippen molar-refractivity contribution in [1.82, 2.24) is 24.6 Å². The molecular formula is C24H24FN5. The highest BCUT2D eigenvalue weighted by atomic mass is 19.1. The number of benzene rings is 2. The molecule has 6 heteroatoms. The summed E-state index contributed by atoms with van der Waals surface area (Å²) in [5, 5.41) is 4.82. The molecule has 0 saturated carbocycles. The zero-order valence-corrected chi connectivity index (χ0v) is 17.3. The number of hydrogen-bond acceptors (Lipinski definition) is 4. The Bertz CT molecular complexity index is 1140. The molecule has 0 aliphatic carbocycles. The number of rotatable bonds is 6. The first-order valence-electron chi connectivity index (χ1n) is 9.89. The Kier molecular flexibility index (Phi) is 5.68. The predicted molar refractivity (Wildman–Crippen MR) is 116 cm³/mol. The number of aryl methyl sites for hydroxylation is 1. The van der Waals surface area contributed by atoms with Crippen molar-refractivity contribution < 1.29 is 4.39 Å². The van der Waals surface area contributed by atoms with E-state index in [0.29, 0.717) is 6.54 Å². The van der Waals surface area contributed by atoms with E-state index in [1.165, 1.54) is 12.1 Å². The maximum Gasteiger partial charge on any atom is 0.123 e. The van der Waals surface area contributed by atoms with Crippen LogP contribution in [0.2, 0.25) is 0 Å². The van der Waals surface area contributed by atoms with Crippen molar-refractivity contribution in [3.8, 4) is 16.9 Å². The van der Waals surface area contributed by atoms with Gasteiger partial charge in [0, 0.05) is 36.1 Å². The lowest BCUT2D eigenvalue weighted by molar-refractivity contribution is 0.248. The molecule has 1 unspecified atom stereocenters. The molecule has 0 saturated heterocycles. The van der Waals surface area contributed by atoms with Gasteiger partial charge in [0.1, 0.15) is 12.1 Å². The molecule has 0 bridgehead atoms. The Morgan fingerprint density at radius 3 is 2.67 bits per heavy atom. The summed E-state index contributed by atoms with van der Waals surface area (Å²) >= 11 is 0. The van der Waals surface area contributed by atoms with Gasteiger partial charge in [-0.15, -0.1) is 0 Å². The number of nitrogens with zero attached hydrogens (tertiary/aromatic N) is 5. The van der Waals surface area contributed by atoms with Crippen LogP contribution < -0.4 is 0 Å². The highest BCUT2D eigenvalue weighted by Gasteiger charge is 2.18. The van der Waals surface area contributed by atoms with Crippen molar-refractivity contribution in [3.63, 3.8) is 0 Å². The van der Waals surface area contributed by atoms with Crippen molar-refractivity contribution in [1.29, 1.82) is 0 Å². The van der Waals surface area contributed by atoms with Crippen molar-refractivity contribution in [2.45, 2.75) is 26.4 Å². The number of hydrogen-bond donors (Lipinski definition) is 0. The van der Waals surface area contributed by atoms with Gasteiger partial charge in [-0.2, -0.15) is 5.10 Å². The minimum absolute atomic E-state index is 0.0932. The Hall–Kier alpha value is -3.38. The summed E-state index contributed by atoms with van der Waals surface area (Å²) in [4.78, 5) is 10.6. The van der Waals surface area contributed by atoms with Gasteiger partial charge < -0.3 is 0 Å². The van der Waals surface area contributed by atoms with E-state index >= 15 is 0 Å². The summed E-state index contributed by atoms with van der Waals surface area (Å²) in [6, 6.07) is 16.8. The SMILES string of the molecule is Cc1cccc(-n2cc(CN(C)C(C)c3ccncn3)c(-c3cccc(F)c3)n2)c1. The summed E-state index contributed by atoms with van der Waals surface area (Å²) in [6.45, 7) is 4.80. The molecule has 2 heterocycles. The Morgan fingerprint density at radius 2 is 1.93 bits per heavy atom. The first-order valence-corrected chi connectivity index (χ1v) is 9.89. The van der Waals surface area contributed by atoms with Gasteiger partial charge in [-0.05, 0) is 56.8 Å². The van der Waals surface area contributed by atoms with Crippen molar-refractivity contribution in [2.75, 3.05) is 7.05 Å². The normalized spacial score (nSPS) is 12.3. The van der Waals surface area contributed by atoms with Gasteiger partial charge in [0.05, 0.1) is 17.1 Å². The van der Waals surface area contributed by atoms with Gasteiger partial charge in [-0.25, -0.2) is 19.0 Å². The van der Waals surface area contributed by atoms with Gasteiger partial charge in [0.15, 0.2) is 0 Å². The second-order valence-corrected chi connectivity index (χ2v) is 7.52. The van der Waals surface area contributed by atoms with Crippen LogP contribution in [0.25, 0.3) is 16.9 Å². The minimum Gasteiger partial charge on any atom is -0.294 e. The minimum atomic E-state index is -0.272. The van der Waals surface area contributed by atoms with Gasteiger partial charge >= 0.3 is 0 Å². The van der Waals surface area contributed by atoms with Gasteiger partial charge in [0.2, 0.25) is 0 Å². The molecule has 4 aromatic rings. The molecule has 0 radical (unpaired) electrons. The van der Waals surface area contributed by atoms with E-state index in [-0.39, 0.29) is 11.9 Å². The average Bonchev–Trinajstić information content (AvgIpc) is 3.17. The number of aromatic nitrogens is 4. The molecule has 0 aliphatic rings. The zero-order valence-electron chi connectivity index (χ0n) is 17.3. The molecule has 5 nitrogen and oxygen atoms in total. The second kappa shape index (κ2) is 8.55. The maximum absolute atomic E-state index is 13.9. The zero-order chi connectivity index (χ0) is 21.1. The van der Waals surface area contributed by atoms with E-state index in [9.17, 15) is 4.39 Å². The van der Waals surface area contributed by atoms with Crippen LogP contribution in [-0.2, 0) is 6.54 Å². The molecule has 152 valence electrons. The van der Waals surface area contributed by atoms with Crippen LogP contribution in [0.3, 0.4) is 0 Å². The number of halogens is 1. The molecule has 0 spiro atoms. The summed E-state index contributed by atoms with van der Waals surface area (Å²) in [5.74, 6) is -0.272. The van der Waals surface area contributed by atoms with E-state index in [1.807, 2.05) is 42.2 Å². The van der Waals surface area contributed by atoms with Gasteiger partial charge in [-0.1, -0.05) is 24.3 Å². The van der Waals surface area contributed by atoms with Crippen LogP contribution in [-0.4, -0.2) is 31.7 Å². The topological polar surface area (TPSA) is 46.8 Å². The predicted octanol–water partition coefficient (Wildman–Crippen LogP) is 4.97. The first kappa shape index (κ1) is 19.9. The largest absolute Gasteiger partial charge is 0.294 e. The van der Waals surface area contributed by atoms with E-state index in [2.05, 4.69) is 40.8 Å². The van der Waals surface area contributed by atoms with E-state index < -0.39 is 0 Å². The molecule has 0 aliphatic heterocycles. The second-order valence-electron chi connectivity index (χ2n) is 7.52. The van der Waals surface area contributed by atoms with Crippen molar-refractivity contribution in [3.05, 3.63) is 96.0 Å². The fraction of sp³-hybridized carbons (Fsp3) is 0.208. The molecular weight excluding hydrogens is 377 g/mol. The summed E-state index contributed by atoms with van der Waals surface area (Å²) < 4.78 is 15.8. The fourth-order valence-electron chi connectivity index (χ4n) is 3.49. The summed E-state index contributed by atoms with van der Waals surface area (Å²) in [7, 11) is 2.05. The van der Waals surface area contributed by atoms with Crippen LogP contribution >= 0.6 is 0 Å². The Balaban J connectivity index is 1.71. The Morgan fingerprint density at radius 1 is 1.10 bits per heavy atom. The summed E-state index contributed by atoms with van der Waals surface area (Å²) in [5.41, 5.74) is 5.64. The highest BCUT2D eigenvalue weighted by molar-refractivity contribution is 5.63. The van der Waals surface area contributed by atoms with Crippen LogP contribution in [0.15, 0.2) is 73.3 Å². The third-order valence-electron chi connectivity index (χ3n) is 5.27. The lowest BCUT2D eigenvalue weighted by Gasteiger charge is -2.24.